The van der Waals surface area contributed by atoms with Crippen molar-refractivity contribution < 1.29 is 9.15 Å². The van der Waals surface area contributed by atoms with Gasteiger partial charge in [-0.15, -0.1) is 0 Å². The average molecular weight is 251 g/mol. The molecule has 3 heteroatoms. The van der Waals surface area contributed by atoms with Crippen molar-refractivity contribution in [1.29, 1.82) is 0 Å². The third kappa shape index (κ3) is 2.36. The molecule has 0 unspecified atom stereocenters. The van der Waals surface area contributed by atoms with Crippen LogP contribution in [0.25, 0.3) is 22.8 Å². The van der Waals surface area contributed by atoms with Crippen molar-refractivity contribution in [2.75, 3.05) is 7.11 Å². The number of hydrogen-bond acceptors (Lipinski definition) is 3. The van der Waals surface area contributed by atoms with Gasteiger partial charge in [-0.3, -0.25) is 0 Å². The molecule has 1 heterocycles. The zero-order valence-corrected chi connectivity index (χ0v) is 10.5. The average Bonchev–Trinajstić information content (AvgIpc) is 2.98. The fourth-order valence-corrected chi connectivity index (χ4v) is 1.88. The van der Waals surface area contributed by atoms with E-state index in [1.807, 2.05) is 54.6 Å². The second-order valence-corrected chi connectivity index (χ2v) is 4.12. The van der Waals surface area contributed by atoms with Gasteiger partial charge in [0.2, 0.25) is 5.89 Å². The lowest BCUT2D eigenvalue weighted by Gasteiger charge is -2.00. The van der Waals surface area contributed by atoms with E-state index in [-0.39, 0.29) is 0 Å². The molecule has 0 aliphatic heterocycles. The van der Waals surface area contributed by atoms with Crippen molar-refractivity contribution in [3.63, 3.8) is 0 Å². The van der Waals surface area contributed by atoms with E-state index in [1.165, 1.54) is 0 Å². The molecule has 94 valence electrons. The number of aromatic nitrogens is 1. The minimum Gasteiger partial charge on any atom is -0.497 e. The fraction of sp³-hybridized carbons (Fsp3) is 0.0625. The van der Waals surface area contributed by atoms with Gasteiger partial charge in [-0.05, 0) is 36.4 Å². The monoisotopic (exact) mass is 251 g/mol. The summed E-state index contributed by atoms with van der Waals surface area (Å²) in [5.41, 5.74) is 1.96. The molecule has 0 saturated heterocycles. The van der Waals surface area contributed by atoms with Crippen LogP contribution in [0.4, 0.5) is 0 Å². The van der Waals surface area contributed by atoms with Gasteiger partial charge in [-0.1, -0.05) is 18.2 Å². The second-order valence-electron chi connectivity index (χ2n) is 4.12. The van der Waals surface area contributed by atoms with Gasteiger partial charge in [-0.25, -0.2) is 4.98 Å². The summed E-state index contributed by atoms with van der Waals surface area (Å²) in [6, 6.07) is 17.6. The Kier molecular flexibility index (Phi) is 3.02. The van der Waals surface area contributed by atoms with Gasteiger partial charge in [0, 0.05) is 11.1 Å². The molecule has 0 fully saturated rings. The topological polar surface area (TPSA) is 35.3 Å². The van der Waals surface area contributed by atoms with Crippen molar-refractivity contribution in [1.82, 2.24) is 4.98 Å². The highest BCUT2D eigenvalue weighted by Crippen LogP contribution is 2.27. The number of benzene rings is 2. The van der Waals surface area contributed by atoms with Gasteiger partial charge in [0.25, 0.3) is 0 Å². The Hall–Kier alpha value is -2.55. The molecule has 0 amide bonds. The quantitative estimate of drug-likeness (QED) is 0.705. The van der Waals surface area contributed by atoms with E-state index in [4.69, 9.17) is 9.15 Å². The fourth-order valence-electron chi connectivity index (χ4n) is 1.88. The number of ether oxygens (including phenoxy) is 1. The summed E-state index contributed by atoms with van der Waals surface area (Å²) < 4.78 is 10.9. The third-order valence-electron chi connectivity index (χ3n) is 2.90. The minimum absolute atomic E-state index is 0.631. The number of nitrogens with zero attached hydrogens (tertiary/aromatic N) is 1. The van der Waals surface area contributed by atoms with Gasteiger partial charge in [-0.2, -0.15) is 0 Å². The molecule has 0 aliphatic carbocycles. The predicted octanol–water partition coefficient (Wildman–Crippen LogP) is 4.02. The number of oxazole rings is 1. The number of hydrogen-bond donors (Lipinski definition) is 0. The van der Waals surface area contributed by atoms with Crippen LogP contribution in [0.1, 0.15) is 0 Å². The molecule has 0 bridgehead atoms. The molecule has 3 nitrogen and oxygen atoms in total. The minimum atomic E-state index is 0.631. The first-order valence-corrected chi connectivity index (χ1v) is 6.02. The highest BCUT2D eigenvalue weighted by Gasteiger charge is 2.07. The molecule has 2 aromatic carbocycles. The zero-order valence-electron chi connectivity index (χ0n) is 10.5. The van der Waals surface area contributed by atoms with Crippen LogP contribution in [-0.2, 0) is 0 Å². The summed E-state index contributed by atoms with van der Waals surface area (Å²) in [5.74, 6) is 2.21. The Morgan fingerprint density at radius 3 is 2.32 bits per heavy atom. The summed E-state index contributed by atoms with van der Waals surface area (Å²) in [4.78, 5) is 4.31. The van der Waals surface area contributed by atoms with E-state index in [0.29, 0.717) is 5.89 Å². The van der Waals surface area contributed by atoms with Crippen LogP contribution in [0, 0.1) is 0 Å². The molecule has 0 saturated carbocycles. The van der Waals surface area contributed by atoms with E-state index in [9.17, 15) is 0 Å². The molecule has 0 radical (unpaired) electrons. The molecule has 3 rings (SSSR count). The summed E-state index contributed by atoms with van der Waals surface area (Å²) in [6.07, 6.45) is 1.74. The maximum absolute atomic E-state index is 5.78. The normalized spacial score (nSPS) is 10.4. The highest BCUT2D eigenvalue weighted by molar-refractivity contribution is 5.61. The Morgan fingerprint density at radius 2 is 1.63 bits per heavy atom. The molecule has 0 spiro atoms. The summed E-state index contributed by atoms with van der Waals surface area (Å²) >= 11 is 0. The molecule has 3 aromatic rings. The molecular formula is C16H13NO2. The van der Waals surface area contributed by atoms with Crippen LogP contribution < -0.4 is 4.74 Å². The molecule has 0 atom stereocenters. The zero-order chi connectivity index (χ0) is 13.1. The van der Waals surface area contributed by atoms with E-state index in [2.05, 4.69) is 4.98 Å². The van der Waals surface area contributed by atoms with Gasteiger partial charge in [0.15, 0.2) is 5.76 Å². The number of methoxy groups -OCH3 is 1. The summed E-state index contributed by atoms with van der Waals surface area (Å²) in [7, 11) is 1.65. The predicted molar refractivity (Wildman–Crippen MR) is 73.9 cm³/mol. The van der Waals surface area contributed by atoms with Crippen LogP contribution >= 0.6 is 0 Å². The second kappa shape index (κ2) is 4.98. The van der Waals surface area contributed by atoms with Crippen LogP contribution in [0.5, 0.6) is 5.75 Å². The van der Waals surface area contributed by atoms with Crippen molar-refractivity contribution in [3.8, 4) is 28.5 Å². The van der Waals surface area contributed by atoms with Gasteiger partial charge in [0.05, 0.1) is 13.3 Å². The maximum atomic E-state index is 5.78. The number of rotatable bonds is 3. The smallest absolute Gasteiger partial charge is 0.226 e. The summed E-state index contributed by atoms with van der Waals surface area (Å²) in [6.45, 7) is 0. The lowest BCUT2D eigenvalue weighted by atomic mass is 10.2. The Labute approximate surface area is 111 Å². The van der Waals surface area contributed by atoms with Crippen LogP contribution in [0.2, 0.25) is 0 Å². The Morgan fingerprint density at radius 1 is 0.895 bits per heavy atom. The van der Waals surface area contributed by atoms with Crippen LogP contribution in [0.3, 0.4) is 0 Å². The van der Waals surface area contributed by atoms with Crippen LogP contribution in [-0.4, -0.2) is 12.1 Å². The summed E-state index contributed by atoms with van der Waals surface area (Å²) in [5, 5.41) is 0. The SMILES string of the molecule is COc1ccc(-c2cnc(-c3ccccc3)o2)cc1. The van der Waals surface area contributed by atoms with Crippen LogP contribution in [0.15, 0.2) is 65.2 Å². The highest BCUT2D eigenvalue weighted by atomic mass is 16.5. The first-order chi connectivity index (χ1) is 9.36. The van der Waals surface area contributed by atoms with E-state index < -0.39 is 0 Å². The van der Waals surface area contributed by atoms with Crippen molar-refractivity contribution in [2.24, 2.45) is 0 Å². The largest absolute Gasteiger partial charge is 0.497 e. The lowest BCUT2D eigenvalue weighted by Crippen LogP contribution is -1.81. The third-order valence-corrected chi connectivity index (χ3v) is 2.90. The van der Waals surface area contributed by atoms with Crippen molar-refractivity contribution in [3.05, 3.63) is 60.8 Å². The molecule has 19 heavy (non-hydrogen) atoms. The Balaban J connectivity index is 1.92. The first-order valence-electron chi connectivity index (χ1n) is 6.02. The van der Waals surface area contributed by atoms with E-state index in [1.54, 1.807) is 13.3 Å². The van der Waals surface area contributed by atoms with Gasteiger partial charge >= 0.3 is 0 Å². The lowest BCUT2D eigenvalue weighted by molar-refractivity contribution is 0.415. The van der Waals surface area contributed by atoms with Gasteiger partial charge in [0.1, 0.15) is 5.75 Å². The van der Waals surface area contributed by atoms with Crippen molar-refractivity contribution in [2.45, 2.75) is 0 Å². The molecule has 0 aliphatic rings. The van der Waals surface area contributed by atoms with Crippen molar-refractivity contribution >= 4 is 0 Å². The Bertz CT molecular complexity index is 657. The molecule has 1 aromatic heterocycles. The van der Waals surface area contributed by atoms with E-state index >= 15 is 0 Å². The molecular weight excluding hydrogens is 238 g/mol. The van der Waals surface area contributed by atoms with E-state index in [0.717, 1.165) is 22.6 Å². The first kappa shape index (κ1) is 11.5. The van der Waals surface area contributed by atoms with Gasteiger partial charge < -0.3 is 9.15 Å². The maximum Gasteiger partial charge on any atom is 0.226 e. The molecule has 0 N–H and O–H groups in total. The standard InChI is InChI=1S/C16H13NO2/c1-18-14-9-7-12(8-10-14)15-11-17-16(19-15)13-5-3-2-4-6-13/h2-11H,1H3.